The van der Waals surface area contributed by atoms with Gasteiger partial charge < -0.3 is 9.80 Å². The van der Waals surface area contributed by atoms with Crippen LogP contribution in [0.2, 0.25) is 0 Å². The molecule has 0 spiro atoms. The Morgan fingerprint density at radius 2 is 2.26 bits per heavy atom. The summed E-state index contributed by atoms with van der Waals surface area (Å²) in [5.74, 6) is 0.919. The van der Waals surface area contributed by atoms with Gasteiger partial charge in [0, 0.05) is 25.2 Å². The molecule has 0 aromatic carbocycles. The largest absolute Gasteiger partial charge is 0.359 e. The van der Waals surface area contributed by atoms with Crippen molar-refractivity contribution < 1.29 is 4.79 Å². The van der Waals surface area contributed by atoms with Crippen molar-refractivity contribution in [2.24, 2.45) is 5.92 Å². The van der Waals surface area contributed by atoms with E-state index in [1.165, 1.54) is 5.70 Å². The smallest absolute Gasteiger partial charge is 0.249 e. The monoisotopic (exact) mass is 260 g/mol. The van der Waals surface area contributed by atoms with Crippen LogP contribution < -0.4 is 0 Å². The van der Waals surface area contributed by atoms with Gasteiger partial charge in [-0.15, -0.1) is 6.58 Å². The molecular weight excluding hydrogens is 236 g/mol. The van der Waals surface area contributed by atoms with Crippen LogP contribution in [0.4, 0.5) is 0 Å². The Kier molecular flexibility index (Phi) is 2.77. The molecule has 0 aliphatic carbocycles. The Morgan fingerprint density at radius 3 is 2.95 bits per heavy atom. The Balaban J connectivity index is 2.00. The highest BCUT2D eigenvalue weighted by atomic mass is 16.2. The van der Waals surface area contributed by atoms with Gasteiger partial charge in [-0.25, -0.2) is 0 Å². The van der Waals surface area contributed by atoms with Crippen molar-refractivity contribution in [3.05, 3.63) is 24.4 Å². The van der Waals surface area contributed by atoms with Gasteiger partial charge in [-0.2, -0.15) is 0 Å². The van der Waals surface area contributed by atoms with E-state index in [0.717, 1.165) is 44.3 Å². The third-order valence-corrected chi connectivity index (χ3v) is 4.98. The van der Waals surface area contributed by atoms with Gasteiger partial charge in [0.25, 0.3) is 0 Å². The highest BCUT2D eigenvalue weighted by molar-refractivity contribution is 5.89. The summed E-state index contributed by atoms with van der Waals surface area (Å²) in [6.45, 7) is 14.5. The second kappa shape index (κ2) is 4.12. The zero-order valence-electron chi connectivity index (χ0n) is 12.1. The Bertz CT molecular complexity index is 456. The second-order valence-electron chi connectivity index (χ2n) is 6.73. The number of fused-ring (bicyclic) bond motifs is 2. The number of hydrogen-bond acceptors (Lipinski definition) is 2. The molecule has 3 fully saturated rings. The number of carbonyl (C=O) groups excluding carboxylic acids is 1. The number of carbonyl (C=O) groups is 1. The van der Waals surface area contributed by atoms with Gasteiger partial charge in [0.2, 0.25) is 5.91 Å². The van der Waals surface area contributed by atoms with E-state index >= 15 is 0 Å². The van der Waals surface area contributed by atoms with Crippen LogP contribution in [0, 0.1) is 5.92 Å². The summed E-state index contributed by atoms with van der Waals surface area (Å²) in [4.78, 5) is 17.4. The summed E-state index contributed by atoms with van der Waals surface area (Å²) in [7, 11) is 0. The SMILES string of the molecule is C=C(C)CC12CCCN1C(=C)C1CC(C)CN1C2=O. The molecule has 3 heterocycles. The number of piperazine rings is 1. The zero-order chi connectivity index (χ0) is 13.8. The second-order valence-corrected chi connectivity index (χ2v) is 6.73. The number of nitrogens with zero attached hydrogens (tertiary/aromatic N) is 2. The summed E-state index contributed by atoms with van der Waals surface area (Å²) in [5.41, 5.74) is 1.91. The highest BCUT2D eigenvalue weighted by Gasteiger charge is 2.57. The van der Waals surface area contributed by atoms with Crippen molar-refractivity contribution in [1.82, 2.24) is 9.80 Å². The molecule has 0 saturated carbocycles. The van der Waals surface area contributed by atoms with E-state index < -0.39 is 0 Å². The Labute approximate surface area is 115 Å². The lowest BCUT2D eigenvalue weighted by Crippen LogP contribution is -2.63. The molecule has 3 unspecified atom stereocenters. The average molecular weight is 260 g/mol. The maximum atomic E-state index is 13.0. The molecule has 0 N–H and O–H groups in total. The maximum Gasteiger partial charge on any atom is 0.249 e. The first-order chi connectivity index (χ1) is 8.95. The lowest BCUT2D eigenvalue weighted by molar-refractivity contribution is -0.147. The molecule has 3 aliphatic heterocycles. The third kappa shape index (κ3) is 1.67. The van der Waals surface area contributed by atoms with E-state index in [1.807, 2.05) is 6.92 Å². The molecule has 0 bridgehead atoms. The molecule has 3 heteroatoms. The van der Waals surface area contributed by atoms with Crippen molar-refractivity contribution >= 4 is 5.91 Å². The maximum absolute atomic E-state index is 13.0. The zero-order valence-corrected chi connectivity index (χ0v) is 12.1. The number of hydrogen-bond donors (Lipinski definition) is 0. The van der Waals surface area contributed by atoms with E-state index in [4.69, 9.17) is 0 Å². The van der Waals surface area contributed by atoms with Gasteiger partial charge in [0.05, 0.1) is 6.04 Å². The van der Waals surface area contributed by atoms with E-state index in [9.17, 15) is 4.79 Å². The third-order valence-electron chi connectivity index (χ3n) is 4.98. The van der Waals surface area contributed by atoms with E-state index in [0.29, 0.717) is 11.8 Å². The molecular formula is C16H24N2O. The van der Waals surface area contributed by atoms with Crippen LogP contribution in [0.1, 0.15) is 39.5 Å². The fourth-order valence-electron chi connectivity index (χ4n) is 4.31. The normalized spacial score (nSPS) is 37.6. The van der Waals surface area contributed by atoms with Crippen LogP contribution in [0.25, 0.3) is 0 Å². The van der Waals surface area contributed by atoms with Crippen LogP contribution in [-0.2, 0) is 4.79 Å². The van der Waals surface area contributed by atoms with Crippen molar-refractivity contribution in [1.29, 1.82) is 0 Å². The summed E-state index contributed by atoms with van der Waals surface area (Å²) >= 11 is 0. The molecule has 3 nitrogen and oxygen atoms in total. The summed E-state index contributed by atoms with van der Waals surface area (Å²) in [6.07, 6.45) is 3.90. The first-order valence-corrected chi connectivity index (χ1v) is 7.37. The quantitative estimate of drug-likeness (QED) is 0.712. The Hall–Kier alpha value is -1.25. The van der Waals surface area contributed by atoms with Crippen LogP contribution >= 0.6 is 0 Å². The lowest BCUT2D eigenvalue weighted by atomic mass is 9.84. The fraction of sp³-hybridized carbons (Fsp3) is 0.688. The summed E-state index contributed by atoms with van der Waals surface area (Å²) < 4.78 is 0. The molecule has 104 valence electrons. The molecule has 1 amide bonds. The van der Waals surface area contributed by atoms with Crippen molar-refractivity contribution in [2.75, 3.05) is 13.1 Å². The predicted octanol–water partition coefficient (Wildman–Crippen LogP) is 2.55. The molecule has 3 saturated heterocycles. The van der Waals surface area contributed by atoms with Crippen LogP contribution in [0.15, 0.2) is 24.4 Å². The van der Waals surface area contributed by atoms with Crippen molar-refractivity contribution in [3.63, 3.8) is 0 Å². The van der Waals surface area contributed by atoms with Crippen molar-refractivity contribution in [3.8, 4) is 0 Å². The molecule has 3 aliphatic rings. The molecule has 0 aromatic heterocycles. The standard InChI is InChI=1S/C16H24N2O/c1-11(2)9-16-6-5-7-18(16)13(4)14-8-12(3)10-17(14)15(16)19/h12,14H,1,4-10H2,2-3H3. The molecule has 3 atom stereocenters. The van der Waals surface area contributed by atoms with Gasteiger partial charge in [0.1, 0.15) is 5.54 Å². The summed E-state index contributed by atoms with van der Waals surface area (Å²) in [6, 6.07) is 0.249. The average Bonchev–Trinajstić information content (AvgIpc) is 2.90. The number of rotatable bonds is 2. The van der Waals surface area contributed by atoms with Gasteiger partial charge in [-0.05, 0) is 32.1 Å². The topological polar surface area (TPSA) is 23.6 Å². The first-order valence-electron chi connectivity index (χ1n) is 7.37. The molecule has 19 heavy (non-hydrogen) atoms. The van der Waals surface area contributed by atoms with Crippen LogP contribution in [0.3, 0.4) is 0 Å². The van der Waals surface area contributed by atoms with Crippen LogP contribution in [-0.4, -0.2) is 40.4 Å². The fourth-order valence-corrected chi connectivity index (χ4v) is 4.31. The van der Waals surface area contributed by atoms with E-state index in [1.54, 1.807) is 0 Å². The first kappa shape index (κ1) is 12.8. The Morgan fingerprint density at radius 1 is 1.53 bits per heavy atom. The van der Waals surface area contributed by atoms with E-state index in [-0.39, 0.29) is 11.6 Å². The van der Waals surface area contributed by atoms with E-state index in [2.05, 4.69) is 29.9 Å². The van der Waals surface area contributed by atoms with Crippen LogP contribution in [0.5, 0.6) is 0 Å². The number of amides is 1. The predicted molar refractivity (Wildman–Crippen MR) is 76.5 cm³/mol. The molecule has 0 aromatic rings. The van der Waals surface area contributed by atoms with Gasteiger partial charge in [-0.3, -0.25) is 4.79 Å². The molecule has 0 radical (unpaired) electrons. The highest BCUT2D eigenvalue weighted by Crippen LogP contribution is 2.46. The lowest BCUT2D eigenvalue weighted by Gasteiger charge is -2.50. The summed E-state index contributed by atoms with van der Waals surface area (Å²) in [5, 5.41) is 0. The minimum atomic E-state index is -0.358. The minimum absolute atomic E-state index is 0.249. The van der Waals surface area contributed by atoms with Gasteiger partial charge in [-0.1, -0.05) is 19.1 Å². The van der Waals surface area contributed by atoms with Crippen molar-refractivity contribution in [2.45, 2.75) is 51.1 Å². The van der Waals surface area contributed by atoms with Gasteiger partial charge >= 0.3 is 0 Å². The molecule has 3 rings (SSSR count). The van der Waals surface area contributed by atoms with Gasteiger partial charge in [0.15, 0.2) is 0 Å². The minimum Gasteiger partial charge on any atom is -0.359 e.